The van der Waals surface area contributed by atoms with Gasteiger partial charge in [-0.3, -0.25) is 0 Å². The van der Waals surface area contributed by atoms with E-state index in [1.54, 1.807) is 0 Å². The van der Waals surface area contributed by atoms with Crippen molar-refractivity contribution in [1.29, 1.82) is 0 Å². The topological polar surface area (TPSA) is 40.5 Å². The molecular weight excluding hydrogens is 140 g/mol. The molecule has 11 heavy (non-hydrogen) atoms. The van der Waals surface area contributed by atoms with Gasteiger partial charge in [-0.15, -0.1) is 0 Å². The van der Waals surface area contributed by atoms with Crippen LogP contribution in [0.5, 0.6) is 0 Å². The Labute approximate surface area is 68.2 Å². The molecule has 66 valence electrons. The van der Waals surface area contributed by atoms with E-state index in [-0.39, 0.29) is 6.61 Å². The predicted octanol–water partition coefficient (Wildman–Crippen LogP) is 1.31. The maximum absolute atomic E-state index is 9.74. The van der Waals surface area contributed by atoms with Gasteiger partial charge in [-0.25, -0.2) is 0 Å². The summed E-state index contributed by atoms with van der Waals surface area (Å²) in [6.45, 7) is 2.35. The second kappa shape index (κ2) is 3.55. The molecule has 0 aromatic carbocycles. The van der Waals surface area contributed by atoms with E-state index in [0.717, 1.165) is 32.1 Å². The summed E-state index contributed by atoms with van der Waals surface area (Å²) in [6, 6.07) is 0. The van der Waals surface area contributed by atoms with Crippen LogP contribution in [0.4, 0.5) is 0 Å². The molecular formula is C9H18O2. The van der Waals surface area contributed by atoms with Crippen molar-refractivity contribution in [2.45, 2.75) is 44.6 Å². The largest absolute Gasteiger partial charge is 0.396 e. The lowest BCUT2D eigenvalue weighted by Gasteiger charge is -2.07. The zero-order valence-electron chi connectivity index (χ0n) is 7.21. The molecule has 2 N–H and O–H groups in total. The summed E-state index contributed by atoms with van der Waals surface area (Å²) in [7, 11) is 0. The van der Waals surface area contributed by atoms with Gasteiger partial charge >= 0.3 is 0 Å². The molecule has 1 rings (SSSR count). The van der Waals surface area contributed by atoms with Crippen molar-refractivity contribution in [3.8, 4) is 0 Å². The van der Waals surface area contributed by atoms with Gasteiger partial charge in [-0.05, 0) is 25.2 Å². The van der Waals surface area contributed by atoms with Crippen molar-refractivity contribution >= 4 is 0 Å². The van der Waals surface area contributed by atoms with E-state index in [4.69, 9.17) is 5.11 Å². The Hall–Kier alpha value is -0.0800. The first-order valence-corrected chi connectivity index (χ1v) is 4.56. The van der Waals surface area contributed by atoms with E-state index in [1.165, 1.54) is 0 Å². The SMILES string of the molecule is CCCC[C@@]1(O)C[C@@H]1CCO. The zero-order valence-corrected chi connectivity index (χ0v) is 7.21. The fourth-order valence-electron chi connectivity index (χ4n) is 1.68. The Morgan fingerprint density at radius 1 is 1.55 bits per heavy atom. The third-order valence-corrected chi connectivity index (χ3v) is 2.64. The van der Waals surface area contributed by atoms with Crippen LogP contribution in [0, 0.1) is 5.92 Å². The number of rotatable bonds is 5. The second-order valence-electron chi connectivity index (χ2n) is 3.62. The van der Waals surface area contributed by atoms with Crippen molar-refractivity contribution in [2.75, 3.05) is 6.61 Å². The summed E-state index contributed by atoms with van der Waals surface area (Å²) in [4.78, 5) is 0. The van der Waals surface area contributed by atoms with Gasteiger partial charge in [0, 0.05) is 6.61 Å². The van der Waals surface area contributed by atoms with E-state index >= 15 is 0 Å². The van der Waals surface area contributed by atoms with Crippen LogP contribution < -0.4 is 0 Å². The van der Waals surface area contributed by atoms with Crippen molar-refractivity contribution in [3.63, 3.8) is 0 Å². The molecule has 0 unspecified atom stereocenters. The highest BCUT2D eigenvalue weighted by Gasteiger charge is 2.50. The molecule has 0 spiro atoms. The van der Waals surface area contributed by atoms with E-state index in [1.807, 2.05) is 0 Å². The number of aliphatic hydroxyl groups is 2. The monoisotopic (exact) mass is 158 g/mol. The second-order valence-corrected chi connectivity index (χ2v) is 3.62. The van der Waals surface area contributed by atoms with Gasteiger partial charge in [-0.1, -0.05) is 19.8 Å². The fourth-order valence-corrected chi connectivity index (χ4v) is 1.68. The Balaban J connectivity index is 2.14. The maximum atomic E-state index is 9.74. The normalized spacial score (nSPS) is 35.7. The molecule has 0 radical (unpaired) electrons. The molecule has 2 nitrogen and oxygen atoms in total. The van der Waals surface area contributed by atoms with Crippen LogP contribution >= 0.6 is 0 Å². The molecule has 0 aromatic rings. The molecule has 2 atom stereocenters. The standard InChI is InChI=1S/C9H18O2/c1-2-3-5-9(11)7-8(9)4-6-10/h8,10-11H,2-7H2,1H3/t8-,9+/m0/s1. The van der Waals surface area contributed by atoms with Crippen LogP contribution in [0.1, 0.15) is 39.0 Å². The maximum Gasteiger partial charge on any atom is 0.0681 e. The minimum absolute atomic E-state index is 0.221. The van der Waals surface area contributed by atoms with Crippen LogP contribution in [0.2, 0.25) is 0 Å². The fraction of sp³-hybridized carbons (Fsp3) is 1.00. The average molecular weight is 158 g/mol. The molecule has 1 saturated carbocycles. The quantitative estimate of drug-likeness (QED) is 0.633. The molecule has 1 fully saturated rings. The minimum atomic E-state index is -0.390. The van der Waals surface area contributed by atoms with E-state index in [0.29, 0.717) is 5.92 Å². The van der Waals surface area contributed by atoms with Crippen LogP contribution in [-0.2, 0) is 0 Å². The van der Waals surface area contributed by atoms with Gasteiger partial charge in [0.1, 0.15) is 0 Å². The van der Waals surface area contributed by atoms with Gasteiger partial charge in [0.2, 0.25) is 0 Å². The number of hydrogen-bond donors (Lipinski definition) is 2. The number of aliphatic hydroxyl groups excluding tert-OH is 1. The Kier molecular flexibility index (Phi) is 2.90. The summed E-state index contributed by atoms with van der Waals surface area (Å²) in [5, 5.41) is 18.4. The van der Waals surface area contributed by atoms with E-state index in [9.17, 15) is 5.11 Å². The van der Waals surface area contributed by atoms with Gasteiger partial charge in [-0.2, -0.15) is 0 Å². The number of unbranched alkanes of at least 4 members (excludes halogenated alkanes) is 1. The first-order valence-electron chi connectivity index (χ1n) is 4.56. The lowest BCUT2D eigenvalue weighted by Crippen LogP contribution is -2.11. The minimum Gasteiger partial charge on any atom is -0.396 e. The van der Waals surface area contributed by atoms with Crippen molar-refractivity contribution in [2.24, 2.45) is 5.92 Å². The molecule has 1 aliphatic rings. The van der Waals surface area contributed by atoms with Crippen LogP contribution in [0.15, 0.2) is 0 Å². The van der Waals surface area contributed by atoms with Crippen molar-refractivity contribution in [1.82, 2.24) is 0 Å². The van der Waals surface area contributed by atoms with Gasteiger partial charge in [0.25, 0.3) is 0 Å². The van der Waals surface area contributed by atoms with E-state index in [2.05, 4.69) is 6.92 Å². The lowest BCUT2D eigenvalue weighted by molar-refractivity contribution is 0.111. The van der Waals surface area contributed by atoms with E-state index < -0.39 is 5.60 Å². The molecule has 0 amide bonds. The molecule has 0 saturated heterocycles. The molecule has 0 heterocycles. The van der Waals surface area contributed by atoms with Gasteiger partial charge in [0.15, 0.2) is 0 Å². The molecule has 1 aliphatic carbocycles. The first kappa shape index (κ1) is 9.01. The third-order valence-electron chi connectivity index (χ3n) is 2.64. The Morgan fingerprint density at radius 3 is 2.82 bits per heavy atom. The average Bonchev–Trinajstić information content (AvgIpc) is 2.60. The molecule has 2 heteroatoms. The number of hydrogen-bond acceptors (Lipinski definition) is 2. The highest BCUT2D eigenvalue weighted by atomic mass is 16.3. The van der Waals surface area contributed by atoms with Gasteiger partial charge in [0.05, 0.1) is 5.60 Å². The van der Waals surface area contributed by atoms with Crippen LogP contribution in [0.25, 0.3) is 0 Å². The van der Waals surface area contributed by atoms with Crippen LogP contribution in [0.3, 0.4) is 0 Å². The predicted molar refractivity (Wildman–Crippen MR) is 44.3 cm³/mol. The summed E-state index contributed by atoms with van der Waals surface area (Å²) in [6.07, 6.45) is 4.87. The van der Waals surface area contributed by atoms with Crippen molar-refractivity contribution < 1.29 is 10.2 Å². The third kappa shape index (κ3) is 2.17. The highest BCUT2D eigenvalue weighted by molar-refractivity contribution is 5.02. The van der Waals surface area contributed by atoms with Gasteiger partial charge < -0.3 is 10.2 Å². The summed E-state index contributed by atoms with van der Waals surface area (Å²) in [5.41, 5.74) is -0.390. The molecule has 0 aliphatic heterocycles. The molecule has 0 aromatic heterocycles. The smallest absolute Gasteiger partial charge is 0.0681 e. The van der Waals surface area contributed by atoms with Crippen LogP contribution in [-0.4, -0.2) is 22.4 Å². The Bertz CT molecular complexity index is 125. The zero-order chi connectivity index (χ0) is 8.32. The lowest BCUT2D eigenvalue weighted by atomic mass is 10.1. The summed E-state index contributed by atoms with van der Waals surface area (Å²) >= 11 is 0. The summed E-state index contributed by atoms with van der Waals surface area (Å²) < 4.78 is 0. The summed E-state index contributed by atoms with van der Waals surface area (Å²) in [5.74, 6) is 0.388. The first-order chi connectivity index (χ1) is 5.23. The van der Waals surface area contributed by atoms with Crippen molar-refractivity contribution in [3.05, 3.63) is 0 Å². The Morgan fingerprint density at radius 2 is 2.27 bits per heavy atom. The molecule has 0 bridgehead atoms. The highest BCUT2D eigenvalue weighted by Crippen LogP contribution is 2.48.